The van der Waals surface area contributed by atoms with Crippen molar-refractivity contribution >= 4 is 40.2 Å². The van der Waals surface area contributed by atoms with Gasteiger partial charge in [0.25, 0.3) is 11.8 Å². The average Bonchev–Trinajstić information content (AvgIpc) is 3.56. The zero-order valence-corrected chi connectivity index (χ0v) is 19.9. The van der Waals surface area contributed by atoms with Gasteiger partial charge < -0.3 is 15.1 Å². The number of rotatable bonds is 5. The van der Waals surface area contributed by atoms with Crippen molar-refractivity contribution in [2.75, 3.05) is 13.1 Å². The number of aromatic hydroxyl groups is 1. The van der Waals surface area contributed by atoms with Gasteiger partial charge in [-0.25, -0.2) is 5.43 Å². The molecule has 1 fully saturated rings. The molecule has 1 atom stereocenters. The Bertz CT molecular complexity index is 1280. The molecular weight excluding hydrogens is 503 g/mol. The number of aliphatic hydroxyl groups excluding tert-OH is 1. The normalized spacial score (nSPS) is 16.5. The van der Waals surface area contributed by atoms with E-state index in [4.69, 9.17) is 0 Å². The summed E-state index contributed by atoms with van der Waals surface area (Å²) in [5, 5.41) is 25.8. The fourth-order valence-corrected chi connectivity index (χ4v) is 5.41. The van der Waals surface area contributed by atoms with E-state index in [2.05, 4.69) is 10.5 Å². The summed E-state index contributed by atoms with van der Waals surface area (Å²) < 4.78 is 38.4. The Morgan fingerprint density at radius 3 is 2.46 bits per heavy atom. The molecular formula is C23H20F3N3O4S2. The molecule has 1 saturated heterocycles. The van der Waals surface area contributed by atoms with Gasteiger partial charge in [-0.3, -0.25) is 9.59 Å². The Kier molecular flexibility index (Phi) is 6.97. The maximum atomic E-state index is 12.8. The number of hydrazone groups is 1. The van der Waals surface area contributed by atoms with E-state index in [1.807, 2.05) is 0 Å². The van der Waals surface area contributed by atoms with Gasteiger partial charge >= 0.3 is 6.18 Å². The molecule has 12 heteroatoms. The van der Waals surface area contributed by atoms with Gasteiger partial charge in [-0.15, -0.1) is 22.7 Å². The van der Waals surface area contributed by atoms with E-state index in [0.29, 0.717) is 39.6 Å². The first-order chi connectivity index (χ1) is 16.5. The highest BCUT2D eigenvalue weighted by atomic mass is 32.1. The largest absolute Gasteiger partial charge is 0.506 e. The SMILES string of the molecule is C/C(=N\NC(=O)c1ccc(C(=O)N2CCC(O)C2)s1)c1csc(-c2ccc(C(F)(F)F)cc2)c1O. The minimum atomic E-state index is -4.45. The standard InChI is InChI=1S/C23H20F3N3O4S2/c1-12(16-11-34-20(19(16)31)13-2-4-14(5-3-13)23(24,25)26)27-28-21(32)17-6-7-18(35-17)22(33)29-9-8-15(30)10-29/h2-7,11,15,30-31H,8-10H2,1H3,(H,28,32)/b27-12+. The van der Waals surface area contributed by atoms with Gasteiger partial charge in [0.2, 0.25) is 0 Å². The molecule has 1 unspecified atom stereocenters. The Balaban J connectivity index is 1.43. The first kappa shape index (κ1) is 24.9. The summed E-state index contributed by atoms with van der Waals surface area (Å²) in [6, 6.07) is 7.51. The van der Waals surface area contributed by atoms with Crippen LogP contribution in [0.5, 0.6) is 5.75 Å². The van der Waals surface area contributed by atoms with E-state index < -0.39 is 23.8 Å². The van der Waals surface area contributed by atoms with E-state index in [1.54, 1.807) is 18.4 Å². The monoisotopic (exact) mass is 523 g/mol. The van der Waals surface area contributed by atoms with Gasteiger partial charge in [0.05, 0.1) is 37.6 Å². The summed E-state index contributed by atoms with van der Waals surface area (Å²) in [5.74, 6) is -0.932. The molecule has 1 aliphatic heterocycles. The van der Waals surface area contributed by atoms with Gasteiger partial charge in [-0.05, 0) is 43.2 Å². The number of hydrogen-bond acceptors (Lipinski definition) is 7. The predicted octanol–water partition coefficient (Wildman–Crippen LogP) is 4.56. The molecule has 0 spiro atoms. The second kappa shape index (κ2) is 9.80. The Morgan fingerprint density at radius 2 is 1.83 bits per heavy atom. The van der Waals surface area contributed by atoms with Crippen molar-refractivity contribution in [3.05, 3.63) is 62.7 Å². The van der Waals surface area contributed by atoms with Crippen LogP contribution < -0.4 is 5.43 Å². The van der Waals surface area contributed by atoms with E-state index >= 15 is 0 Å². The highest BCUT2D eigenvalue weighted by Gasteiger charge is 2.30. The zero-order chi connectivity index (χ0) is 25.3. The molecule has 0 aliphatic carbocycles. The number of hydrogen-bond donors (Lipinski definition) is 3. The highest BCUT2D eigenvalue weighted by molar-refractivity contribution is 7.16. The van der Waals surface area contributed by atoms with E-state index in [9.17, 15) is 33.0 Å². The maximum absolute atomic E-state index is 12.8. The zero-order valence-electron chi connectivity index (χ0n) is 18.3. The minimum absolute atomic E-state index is 0.151. The van der Waals surface area contributed by atoms with Crippen LogP contribution in [0.3, 0.4) is 0 Å². The molecule has 35 heavy (non-hydrogen) atoms. The fourth-order valence-electron chi connectivity index (χ4n) is 3.53. The quantitative estimate of drug-likeness (QED) is 0.337. The first-order valence-corrected chi connectivity index (χ1v) is 12.1. The van der Waals surface area contributed by atoms with Gasteiger partial charge in [0.1, 0.15) is 5.75 Å². The van der Waals surface area contributed by atoms with E-state index in [0.717, 1.165) is 34.8 Å². The molecule has 3 aromatic rings. The number of benzene rings is 1. The predicted molar refractivity (Wildman–Crippen MR) is 127 cm³/mol. The number of thiophene rings is 2. The Morgan fingerprint density at radius 1 is 1.14 bits per heavy atom. The summed E-state index contributed by atoms with van der Waals surface area (Å²) in [4.78, 5) is 27.5. The van der Waals surface area contributed by atoms with Gasteiger partial charge in [0.15, 0.2) is 0 Å². The third-order valence-electron chi connectivity index (χ3n) is 5.45. The second-order valence-electron chi connectivity index (χ2n) is 7.90. The summed E-state index contributed by atoms with van der Waals surface area (Å²) in [6.07, 6.45) is -4.46. The van der Waals surface area contributed by atoms with Crippen LogP contribution in [0.4, 0.5) is 13.2 Å². The fraction of sp³-hybridized carbons (Fsp3) is 0.261. The van der Waals surface area contributed by atoms with Crippen molar-refractivity contribution in [1.29, 1.82) is 0 Å². The van der Waals surface area contributed by atoms with Crippen molar-refractivity contribution in [3.63, 3.8) is 0 Å². The van der Waals surface area contributed by atoms with Crippen LogP contribution in [-0.4, -0.2) is 51.8 Å². The van der Waals surface area contributed by atoms with Gasteiger partial charge in [-0.2, -0.15) is 18.3 Å². The molecule has 3 heterocycles. The van der Waals surface area contributed by atoms with Crippen molar-refractivity contribution in [1.82, 2.24) is 10.3 Å². The molecule has 1 aromatic carbocycles. The molecule has 2 aromatic heterocycles. The molecule has 2 amide bonds. The molecule has 0 saturated carbocycles. The van der Waals surface area contributed by atoms with Crippen molar-refractivity contribution in [2.24, 2.45) is 5.10 Å². The molecule has 3 N–H and O–H groups in total. The van der Waals surface area contributed by atoms with Crippen LogP contribution in [0.15, 0.2) is 46.9 Å². The van der Waals surface area contributed by atoms with Crippen LogP contribution in [-0.2, 0) is 6.18 Å². The lowest BCUT2D eigenvalue weighted by molar-refractivity contribution is -0.137. The lowest BCUT2D eigenvalue weighted by Gasteiger charge is -2.13. The molecule has 184 valence electrons. The van der Waals surface area contributed by atoms with Crippen LogP contribution >= 0.6 is 22.7 Å². The van der Waals surface area contributed by atoms with Crippen LogP contribution in [0.25, 0.3) is 10.4 Å². The summed E-state index contributed by atoms with van der Waals surface area (Å²) >= 11 is 2.15. The highest BCUT2D eigenvalue weighted by Crippen LogP contribution is 2.40. The summed E-state index contributed by atoms with van der Waals surface area (Å²) in [5.41, 5.74) is 2.66. The van der Waals surface area contributed by atoms with Crippen LogP contribution in [0.2, 0.25) is 0 Å². The molecule has 1 aliphatic rings. The maximum Gasteiger partial charge on any atom is 0.416 e. The molecule has 0 bridgehead atoms. The third kappa shape index (κ3) is 5.39. The number of likely N-dealkylation sites (tertiary alicyclic amines) is 1. The number of aliphatic hydroxyl groups is 1. The number of carbonyl (C=O) groups is 2. The van der Waals surface area contributed by atoms with Crippen LogP contribution in [0.1, 0.15) is 43.8 Å². The number of nitrogens with zero attached hydrogens (tertiary/aromatic N) is 2. The van der Waals surface area contributed by atoms with E-state index in [1.165, 1.54) is 23.1 Å². The Labute approximate surface area is 206 Å². The lowest BCUT2D eigenvalue weighted by Crippen LogP contribution is -2.28. The van der Waals surface area contributed by atoms with Gasteiger partial charge in [-0.1, -0.05) is 12.1 Å². The Hall–Kier alpha value is -3.22. The lowest BCUT2D eigenvalue weighted by atomic mass is 10.1. The number of nitrogens with one attached hydrogen (secondary N) is 1. The van der Waals surface area contributed by atoms with E-state index in [-0.39, 0.29) is 23.1 Å². The topological polar surface area (TPSA) is 102 Å². The van der Waals surface area contributed by atoms with Crippen LogP contribution in [0, 0.1) is 0 Å². The number of alkyl halides is 3. The smallest absolute Gasteiger partial charge is 0.416 e. The number of amides is 2. The minimum Gasteiger partial charge on any atom is -0.506 e. The summed E-state index contributed by atoms with van der Waals surface area (Å²) in [7, 11) is 0. The number of β-amino-alcohol motifs (C(OH)–C–C–N with tert-alkyl or cyclic N) is 1. The van der Waals surface area contributed by atoms with Crippen molar-refractivity contribution < 1.29 is 33.0 Å². The molecule has 7 nitrogen and oxygen atoms in total. The summed E-state index contributed by atoms with van der Waals surface area (Å²) in [6.45, 7) is 2.29. The van der Waals surface area contributed by atoms with Crippen molar-refractivity contribution in [2.45, 2.75) is 25.6 Å². The third-order valence-corrected chi connectivity index (χ3v) is 7.54. The average molecular weight is 524 g/mol. The second-order valence-corrected chi connectivity index (χ2v) is 9.86. The number of carbonyl (C=O) groups excluding carboxylic acids is 2. The number of halogens is 3. The van der Waals surface area contributed by atoms with Gasteiger partial charge in [0, 0.05) is 18.5 Å². The molecule has 0 radical (unpaired) electrons. The molecule has 4 rings (SSSR count). The first-order valence-electron chi connectivity index (χ1n) is 10.4. The van der Waals surface area contributed by atoms with Crippen molar-refractivity contribution in [3.8, 4) is 16.2 Å².